The summed E-state index contributed by atoms with van der Waals surface area (Å²) in [5.41, 5.74) is 0. The van der Waals surface area contributed by atoms with E-state index in [4.69, 9.17) is 17.7 Å². The maximum Gasteiger partial charge on any atom is 0.679 e. The van der Waals surface area contributed by atoms with Crippen LogP contribution >= 0.6 is 0 Å². The van der Waals surface area contributed by atoms with Crippen molar-refractivity contribution in [1.82, 2.24) is 0 Å². The molecule has 37 heavy (non-hydrogen) atoms. The highest BCUT2D eigenvalue weighted by Crippen LogP contribution is 2.52. The van der Waals surface area contributed by atoms with E-state index in [0.717, 1.165) is 73.8 Å². The Morgan fingerprint density at radius 1 is 0.351 bits per heavy atom. The first-order valence-electron chi connectivity index (χ1n) is 16.7. The van der Waals surface area contributed by atoms with Gasteiger partial charge >= 0.3 is 9.05 Å². The average Bonchev–Trinajstić information content (AvgIpc) is 3.78. The highest BCUT2D eigenvalue weighted by Gasteiger charge is 2.53. The summed E-state index contributed by atoms with van der Waals surface area (Å²) in [6, 6.07) is 0. The number of hydrogen-bond donors (Lipinski definition) is 0. The van der Waals surface area contributed by atoms with Crippen molar-refractivity contribution in [3.8, 4) is 0 Å². The molecule has 0 amide bonds. The third-order valence-corrected chi connectivity index (χ3v) is 15.5. The maximum absolute atomic E-state index is 6.96. The van der Waals surface area contributed by atoms with Crippen LogP contribution in [0, 0.1) is 71.0 Å². The van der Waals surface area contributed by atoms with Crippen molar-refractivity contribution in [3.63, 3.8) is 0 Å². The normalized spacial score (nSPS) is 49.3. The molecule has 12 atom stereocenters. The van der Waals surface area contributed by atoms with Crippen LogP contribution in [0.4, 0.5) is 0 Å². The molecule has 0 spiro atoms. The molecule has 0 aromatic carbocycles. The van der Waals surface area contributed by atoms with Gasteiger partial charge in [0, 0.05) is 26.4 Å². The first-order valence-corrected chi connectivity index (χ1v) is 18.4. The third-order valence-electron chi connectivity index (χ3n) is 13.4. The Balaban J connectivity index is 0.983. The van der Waals surface area contributed by atoms with Gasteiger partial charge in [-0.1, -0.05) is 25.7 Å². The van der Waals surface area contributed by atoms with E-state index >= 15 is 0 Å². The zero-order valence-corrected chi connectivity index (χ0v) is 24.2. The summed E-state index contributed by atoms with van der Waals surface area (Å²) in [7, 11) is -3.18. The summed E-state index contributed by atoms with van der Waals surface area (Å²) >= 11 is 0. The molecule has 0 radical (unpaired) electrons. The Morgan fingerprint density at radius 2 is 0.622 bits per heavy atom. The Labute approximate surface area is 226 Å². The molecule has 8 fully saturated rings. The van der Waals surface area contributed by atoms with Crippen molar-refractivity contribution in [1.29, 1.82) is 0 Å². The van der Waals surface area contributed by atoms with Crippen molar-refractivity contribution < 1.29 is 17.7 Å². The van der Waals surface area contributed by atoms with Gasteiger partial charge in [-0.2, -0.15) is 0 Å². The van der Waals surface area contributed by atoms with Crippen LogP contribution < -0.4 is 0 Å². The quantitative estimate of drug-likeness (QED) is 0.250. The standard InChI is InChI=1S/C32H52O4Si/c1-5-25-9-21(1)13-29(25)17-33-37(34-18-30-14-22-2-6-26(30)10-22,35-19-31-15-23-3-7-27(31)11-23)36-20-32-16-24-4-8-28(32)12-24/h21-32H,1-20H2/t21-,22-,23-,24-,25-,26-,27-,28-,29-,30-,31-,32+/m0/s1. The molecule has 8 saturated carbocycles. The lowest BCUT2D eigenvalue weighted by atomic mass is 9.90. The van der Waals surface area contributed by atoms with Gasteiger partial charge in [-0.15, -0.1) is 0 Å². The molecule has 8 aliphatic carbocycles. The van der Waals surface area contributed by atoms with Crippen LogP contribution in [-0.4, -0.2) is 35.5 Å². The van der Waals surface area contributed by atoms with Gasteiger partial charge in [0.1, 0.15) is 0 Å². The second-order valence-electron chi connectivity index (χ2n) is 15.5. The fourth-order valence-corrected chi connectivity index (χ4v) is 13.6. The molecular formula is C32H52O4Si. The number of hydrogen-bond acceptors (Lipinski definition) is 4. The molecule has 0 unspecified atom stereocenters. The summed E-state index contributed by atoms with van der Waals surface area (Å²) in [5.74, 6) is 10.1. The van der Waals surface area contributed by atoms with E-state index in [1.54, 1.807) is 0 Å². The molecule has 8 aliphatic rings. The maximum atomic E-state index is 6.96. The molecule has 0 N–H and O–H groups in total. The highest BCUT2D eigenvalue weighted by molar-refractivity contribution is 6.53. The predicted molar refractivity (Wildman–Crippen MR) is 145 cm³/mol. The predicted octanol–water partition coefficient (Wildman–Crippen LogP) is 7.23. The second kappa shape index (κ2) is 10.2. The fourth-order valence-electron chi connectivity index (χ4n) is 11.4. The van der Waals surface area contributed by atoms with Gasteiger partial charge in [-0.05, 0) is 148 Å². The first-order chi connectivity index (χ1) is 18.2. The lowest BCUT2D eigenvalue weighted by Gasteiger charge is -2.35. The van der Waals surface area contributed by atoms with E-state index < -0.39 is 9.05 Å². The van der Waals surface area contributed by atoms with Crippen molar-refractivity contribution in [2.45, 2.75) is 103 Å². The lowest BCUT2D eigenvalue weighted by Crippen LogP contribution is -2.53. The molecule has 0 aromatic heterocycles. The molecule has 8 rings (SSSR count). The smallest absolute Gasteiger partial charge is 0.351 e. The average molecular weight is 529 g/mol. The minimum Gasteiger partial charge on any atom is -0.351 e. The van der Waals surface area contributed by atoms with Crippen LogP contribution in [0.1, 0.15) is 103 Å². The zero-order valence-electron chi connectivity index (χ0n) is 23.2. The summed E-state index contributed by atoms with van der Waals surface area (Å²) in [6.07, 6.45) is 22.7. The summed E-state index contributed by atoms with van der Waals surface area (Å²) < 4.78 is 27.8. The van der Waals surface area contributed by atoms with Gasteiger partial charge in [0.2, 0.25) is 0 Å². The van der Waals surface area contributed by atoms with Gasteiger partial charge < -0.3 is 17.7 Å². The fraction of sp³-hybridized carbons (Fsp3) is 1.00. The molecule has 5 heteroatoms. The molecule has 8 bridgehead atoms. The van der Waals surface area contributed by atoms with Crippen LogP contribution in [0.3, 0.4) is 0 Å². The third kappa shape index (κ3) is 4.93. The van der Waals surface area contributed by atoms with E-state index in [9.17, 15) is 0 Å². The number of fused-ring (bicyclic) bond motifs is 8. The highest BCUT2D eigenvalue weighted by atomic mass is 28.4. The van der Waals surface area contributed by atoms with Crippen molar-refractivity contribution in [2.75, 3.05) is 26.4 Å². The number of rotatable bonds is 12. The second-order valence-corrected chi connectivity index (χ2v) is 17.6. The van der Waals surface area contributed by atoms with Gasteiger partial charge in [0.05, 0.1) is 0 Å². The van der Waals surface area contributed by atoms with Gasteiger partial charge in [-0.3, -0.25) is 0 Å². The molecule has 208 valence electrons. The Morgan fingerprint density at radius 3 is 0.811 bits per heavy atom. The Hall–Kier alpha value is 0.0569. The van der Waals surface area contributed by atoms with Crippen molar-refractivity contribution >= 4 is 9.05 Å². The van der Waals surface area contributed by atoms with Crippen LogP contribution in [0.2, 0.25) is 0 Å². The minimum absolute atomic E-state index is 0.703. The SMILES string of the molecule is C1C[C@H]2C[C@H]1C[C@H]2CO[Si](OC[C@@H]1C[C@H]2CC[C@H]1C2)(OC[C@@H]1C[C@H]2CC[C@H]1C2)OC[C@H]1C[C@H]2CC[C@H]1C2. The van der Waals surface area contributed by atoms with Crippen LogP contribution in [-0.2, 0) is 17.7 Å². The van der Waals surface area contributed by atoms with E-state index in [-0.39, 0.29) is 0 Å². The van der Waals surface area contributed by atoms with Gasteiger partial charge in [0.25, 0.3) is 0 Å². The van der Waals surface area contributed by atoms with E-state index in [1.165, 1.54) is 103 Å². The van der Waals surface area contributed by atoms with Crippen LogP contribution in [0.25, 0.3) is 0 Å². The summed E-state index contributed by atoms with van der Waals surface area (Å²) in [6.45, 7) is 3.27. The van der Waals surface area contributed by atoms with E-state index in [0.29, 0.717) is 23.7 Å². The van der Waals surface area contributed by atoms with Gasteiger partial charge in [-0.25, -0.2) is 0 Å². The van der Waals surface area contributed by atoms with E-state index in [1.807, 2.05) is 0 Å². The minimum atomic E-state index is -3.18. The summed E-state index contributed by atoms with van der Waals surface area (Å²) in [4.78, 5) is 0. The van der Waals surface area contributed by atoms with Gasteiger partial charge in [0.15, 0.2) is 0 Å². The Kier molecular flexibility index (Phi) is 6.81. The monoisotopic (exact) mass is 528 g/mol. The van der Waals surface area contributed by atoms with Crippen LogP contribution in [0.5, 0.6) is 0 Å². The molecule has 4 nitrogen and oxygen atoms in total. The zero-order chi connectivity index (χ0) is 24.4. The largest absolute Gasteiger partial charge is 0.679 e. The van der Waals surface area contributed by atoms with Crippen molar-refractivity contribution in [2.24, 2.45) is 71.0 Å². The topological polar surface area (TPSA) is 36.9 Å². The van der Waals surface area contributed by atoms with Crippen molar-refractivity contribution in [3.05, 3.63) is 0 Å². The lowest BCUT2D eigenvalue weighted by molar-refractivity contribution is -0.0684. The molecular weight excluding hydrogens is 476 g/mol. The Bertz CT molecular complexity index is 687. The molecule has 0 saturated heterocycles. The first kappa shape index (κ1) is 24.8. The molecule has 0 heterocycles. The molecule has 0 aromatic rings. The summed E-state index contributed by atoms with van der Waals surface area (Å²) in [5, 5.41) is 0. The molecule has 0 aliphatic heterocycles. The van der Waals surface area contributed by atoms with Crippen LogP contribution in [0.15, 0.2) is 0 Å². The van der Waals surface area contributed by atoms with E-state index in [2.05, 4.69) is 0 Å².